The summed E-state index contributed by atoms with van der Waals surface area (Å²) in [6.45, 7) is 6.80. The Morgan fingerprint density at radius 1 is 1.15 bits per heavy atom. The van der Waals surface area contributed by atoms with Crippen molar-refractivity contribution in [3.05, 3.63) is 60.3 Å². The first-order valence-corrected chi connectivity index (χ1v) is 11.1. The summed E-state index contributed by atoms with van der Waals surface area (Å²) in [7, 11) is 3.14. The topological polar surface area (TPSA) is 112 Å². The van der Waals surface area contributed by atoms with Crippen LogP contribution in [0.3, 0.4) is 0 Å². The molecule has 0 radical (unpaired) electrons. The molecule has 2 heterocycles. The lowest BCUT2D eigenvalue weighted by molar-refractivity contribution is -0.119. The Kier molecular flexibility index (Phi) is 6.95. The van der Waals surface area contributed by atoms with Crippen LogP contribution >= 0.6 is 0 Å². The summed E-state index contributed by atoms with van der Waals surface area (Å²) < 4.78 is 18.4. The quantitative estimate of drug-likeness (QED) is 0.462. The number of para-hydroxylation sites is 2. The summed E-state index contributed by atoms with van der Waals surface area (Å²) >= 11 is 0. The van der Waals surface area contributed by atoms with Gasteiger partial charge < -0.3 is 24.8 Å². The number of hydrogen-bond donors (Lipinski definition) is 2. The van der Waals surface area contributed by atoms with Gasteiger partial charge in [0.1, 0.15) is 11.7 Å². The molecular formula is C24H28N6O4. The van der Waals surface area contributed by atoms with Gasteiger partial charge in [0.2, 0.25) is 11.9 Å². The highest BCUT2D eigenvalue weighted by molar-refractivity contribution is 5.97. The van der Waals surface area contributed by atoms with Crippen LogP contribution in [-0.2, 0) is 4.79 Å². The molecule has 0 spiro atoms. The maximum absolute atomic E-state index is 13.6. The standard InChI is InChI=1S/C24H28N6O4/c1-5-6-13-34-19-12-11-16(14-20(19)33-4)22-21(15(2)25-24-27-28-29-30(22)24)23(31)26-17-9-7-8-10-18(17)32-3/h7-12,14,21-22H,2,5-6,13H2,1,3-4H3,(H,26,31)(H,25,27,29). The molecule has 34 heavy (non-hydrogen) atoms. The van der Waals surface area contributed by atoms with Gasteiger partial charge in [-0.15, -0.1) is 0 Å². The third-order valence-electron chi connectivity index (χ3n) is 5.65. The van der Waals surface area contributed by atoms with Gasteiger partial charge in [-0.2, -0.15) is 0 Å². The second-order valence-electron chi connectivity index (χ2n) is 7.82. The lowest BCUT2D eigenvalue weighted by Gasteiger charge is -2.33. The third kappa shape index (κ3) is 4.52. The van der Waals surface area contributed by atoms with Crippen LogP contribution in [0.1, 0.15) is 31.4 Å². The Bertz CT molecular complexity index is 1180. The zero-order valence-electron chi connectivity index (χ0n) is 19.4. The van der Waals surface area contributed by atoms with Crippen LogP contribution in [0.25, 0.3) is 0 Å². The minimum atomic E-state index is -0.725. The number of aromatic nitrogens is 4. The predicted octanol–water partition coefficient (Wildman–Crippen LogP) is 3.65. The molecule has 1 amide bonds. The Morgan fingerprint density at radius 2 is 1.94 bits per heavy atom. The fraction of sp³-hybridized carbons (Fsp3) is 0.333. The van der Waals surface area contributed by atoms with Crippen LogP contribution in [0.4, 0.5) is 11.6 Å². The van der Waals surface area contributed by atoms with Crippen molar-refractivity contribution in [3.8, 4) is 17.2 Å². The fourth-order valence-electron chi connectivity index (χ4n) is 3.92. The minimum Gasteiger partial charge on any atom is -0.495 e. The number of amides is 1. The van der Waals surface area contributed by atoms with Gasteiger partial charge in [0, 0.05) is 5.70 Å². The Hall–Kier alpha value is -4.08. The molecule has 0 aliphatic carbocycles. The number of nitrogens with one attached hydrogen (secondary N) is 2. The van der Waals surface area contributed by atoms with E-state index in [1.807, 2.05) is 30.3 Å². The van der Waals surface area contributed by atoms with Gasteiger partial charge in [-0.05, 0) is 46.7 Å². The average molecular weight is 465 g/mol. The number of unbranched alkanes of at least 4 members (excludes halogenated alkanes) is 1. The second-order valence-corrected chi connectivity index (χ2v) is 7.82. The van der Waals surface area contributed by atoms with E-state index in [0.717, 1.165) is 18.4 Å². The number of tetrazole rings is 1. The molecule has 1 aliphatic rings. The van der Waals surface area contributed by atoms with E-state index >= 15 is 0 Å². The normalized spacial score (nSPS) is 16.9. The lowest BCUT2D eigenvalue weighted by atomic mass is 9.88. The number of ether oxygens (including phenoxy) is 3. The van der Waals surface area contributed by atoms with E-state index in [4.69, 9.17) is 14.2 Å². The summed E-state index contributed by atoms with van der Waals surface area (Å²) in [6.07, 6.45) is 1.97. The van der Waals surface area contributed by atoms with E-state index in [-0.39, 0.29) is 5.91 Å². The van der Waals surface area contributed by atoms with Gasteiger partial charge in [0.15, 0.2) is 11.5 Å². The highest BCUT2D eigenvalue weighted by atomic mass is 16.5. The molecule has 0 bridgehead atoms. The van der Waals surface area contributed by atoms with Crippen LogP contribution in [-0.4, -0.2) is 46.9 Å². The molecule has 4 rings (SSSR count). The van der Waals surface area contributed by atoms with Crippen molar-refractivity contribution in [1.82, 2.24) is 20.2 Å². The molecule has 2 N–H and O–H groups in total. The molecule has 2 aromatic carbocycles. The molecule has 3 aromatic rings. The fourth-order valence-corrected chi connectivity index (χ4v) is 3.92. The monoisotopic (exact) mass is 464 g/mol. The molecule has 10 heteroatoms. The first-order valence-electron chi connectivity index (χ1n) is 11.1. The maximum Gasteiger partial charge on any atom is 0.247 e. The van der Waals surface area contributed by atoms with Gasteiger partial charge in [0.05, 0.1) is 32.6 Å². The summed E-state index contributed by atoms with van der Waals surface area (Å²) in [5, 5.41) is 17.9. The second kappa shape index (κ2) is 10.2. The maximum atomic E-state index is 13.6. The van der Waals surface area contributed by atoms with Crippen LogP contribution in [0, 0.1) is 5.92 Å². The minimum absolute atomic E-state index is 0.282. The van der Waals surface area contributed by atoms with Crippen molar-refractivity contribution in [2.24, 2.45) is 5.92 Å². The zero-order valence-corrected chi connectivity index (χ0v) is 19.4. The third-order valence-corrected chi connectivity index (χ3v) is 5.65. The van der Waals surface area contributed by atoms with Crippen molar-refractivity contribution in [3.63, 3.8) is 0 Å². The summed E-state index contributed by atoms with van der Waals surface area (Å²) in [6, 6.07) is 12.2. The molecule has 1 aromatic heterocycles. The van der Waals surface area contributed by atoms with Gasteiger partial charge >= 0.3 is 0 Å². The highest BCUT2D eigenvalue weighted by Gasteiger charge is 2.40. The van der Waals surface area contributed by atoms with Gasteiger partial charge in [-0.3, -0.25) is 4.79 Å². The number of methoxy groups -OCH3 is 2. The number of rotatable bonds is 9. The first-order chi connectivity index (χ1) is 16.6. The van der Waals surface area contributed by atoms with E-state index in [2.05, 4.69) is 39.7 Å². The van der Waals surface area contributed by atoms with Gasteiger partial charge in [-0.1, -0.05) is 43.2 Å². The SMILES string of the molecule is C=C1Nc2nnnn2C(c2ccc(OCCCC)c(OC)c2)C1C(=O)Nc1ccccc1OC. The molecule has 178 valence electrons. The predicted molar refractivity (Wildman–Crippen MR) is 127 cm³/mol. The first kappa shape index (κ1) is 23.1. The number of nitrogens with zero attached hydrogens (tertiary/aromatic N) is 4. The Labute approximate surface area is 197 Å². The molecule has 2 atom stereocenters. The summed E-state index contributed by atoms with van der Waals surface area (Å²) in [5.74, 6) is 1.15. The van der Waals surface area contributed by atoms with Crippen molar-refractivity contribution >= 4 is 17.5 Å². The van der Waals surface area contributed by atoms with Crippen LogP contribution in [0.5, 0.6) is 17.2 Å². The number of benzene rings is 2. The Balaban J connectivity index is 1.71. The van der Waals surface area contributed by atoms with Gasteiger partial charge in [0.25, 0.3) is 0 Å². The average Bonchev–Trinajstić information content (AvgIpc) is 3.31. The number of hydrogen-bond acceptors (Lipinski definition) is 8. The van der Waals surface area contributed by atoms with E-state index in [1.54, 1.807) is 31.0 Å². The summed E-state index contributed by atoms with van der Waals surface area (Å²) in [5.41, 5.74) is 1.80. The van der Waals surface area contributed by atoms with Crippen molar-refractivity contribution in [1.29, 1.82) is 0 Å². The van der Waals surface area contributed by atoms with Crippen molar-refractivity contribution in [2.75, 3.05) is 31.5 Å². The van der Waals surface area contributed by atoms with E-state index in [1.165, 1.54) is 0 Å². The molecular weight excluding hydrogens is 436 g/mol. The zero-order chi connectivity index (χ0) is 24.1. The number of fused-ring (bicyclic) bond motifs is 1. The largest absolute Gasteiger partial charge is 0.495 e. The van der Waals surface area contributed by atoms with E-state index < -0.39 is 12.0 Å². The lowest BCUT2D eigenvalue weighted by Crippen LogP contribution is -2.39. The molecule has 10 nitrogen and oxygen atoms in total. The molecule has 0 saturated heterocycles. The van der Waals surface area contributed by atoms with Crippen LogP contribution < -0.4 is 24.8 Å². The molecule has 0 fully saturated rings. The van der Waals surface area contributed by atoms with Gasteiger partial charge in [-0.25, -0.2) is 4.68 Å². The Morgan fingerprint density at radius 3 is 2.71 bits per heavy atom. The van der Waals surface area contributed by atoms with E-state index in [9.17, 15) is 4.79 Å². The van der Waals surface area contributed by atoms with Crippen molar-refractivity contribution < 1.29 is 19.0 Å². The molecule has 0 saturated carbocycles. The smallest absolute Gasteiger partial charge is 0.247 e. The van der Waals surface area contributed by atoms with E-state index in [0.29, 0.717) is 41.2 Å². The summed E-state index contributed by atoms with van der Waals surface area (Å²) in [4.78, 5) is 13.6. The van der Waals surface area contributed by atoms with Crippen molar-refractivity contribution in [2.45, 2.75) is 25.8 Å². The highest BCUT2D eigenvalue weighted by Crippen LogP contribution is 2.40. The molecule has 2 unspecified atom stereocenters. The van der Waals surface area contributed by atoms with Crippen LogP contribution in [0.2, 0.25) is 0 Å². The molecule has 1 aliphatic heterocycles. The number of anilines is 2. The van der Waals surface area contributed by atoms with Crippen LogP contribution in [0.15, 0.2) is 54.7 Å². The number of carbonyl (C=O) groups excluding carboxylic acids is 1. The number of carbonyl (C=O) groups is 1.